The summed E-state index contributed by atoms with van der Waals surface area (Å²) < 4.78 is 8.51. The van der Waals surface area contributed by atoms with Crippen molar-refractivity contribution >= 4 is 8.69 Å². The van der Waals surface area contributed by atoms with Crippen molar-refractivity contribution in [2.24, 2.45) is 0 Å². The van der Waals surface area contributed by atoms with Crippen LogP contribution in [0.4, 0.5) is 0 Å². The van der Waals surface area contributed by atoms with Crippen molar-refractivity contribution in [1.82, 2.24) is 6.15 Å². The van der Waals surface area contributed by atoms with Gasteiger partial charge in [-0.1, -0.05) is 7.43 Å². The molecule has 0 saturated heterocycles. The molecule has 5 heavy (non-hydrogen) atoms. The summed E-state index contributed by atoms with van der Waals surface area (Å²) in [5.41, 5.74) is 0. The van der Waals surface area contributed by atoms with E-state index in [2.05, 4.69) is 0 Å². The van der Waals surface area contributed by atoms with E-state index in [1.54, 1.807) is 0 Å². The summed E-state index contributed by atoms with van der Waals surface area (Å²) in [6.45, 7) is 0. The van der Waals surface area contributed by atoms with E-state index in [-0.39, 0.29) is 13.6 Å². The molecule has 3 nitrogen and oxygen atoms in total. The van der Waals surface area contributed by atoms with Gasteiger partial charge in [0.1, 0.15) is 0 Å². The Balaban J connectivity index is -0.0000000200. The molecular weight excluding hydrogens is 89.0 g/mol. The maximum absolute atomic E-state index is 8.51. The van der Waals surface area contributed by atoms with Crippen LogP contribution in [0.15, 0.2) is 0 Å². The molecule has 0 bridgehead atoms. The first-order chi connectivity index (χ1) is 1.41. The number of hydrogen-bond acceptors (Lipinski definition) is 2. The van der Waals surface area contributed by atoms with Gasteiger partial charge in [-0.05, 0) is 4.57 Å². The van der Waals surface area contributed by atoms with Gasteiger partial charge in [0, 0.05) is 0 Å². The highest BCUT2D eigenvalue weighted by atomic mass is 31.1. The van der Waals surface area contributed by atoms with E-state index in [4.69, 9.17) is 9.46 Å². The molecular formula is CH9NO2P+. The van der Waals surface area contributed by atoms with Gasteiger partial charge in [0.15, 0.2) is 0 Å². The summed E-state index contributed by atoms with van der Waals surface area (Å²) >= 11 is 0. The van der Waals surface area contributed by atoms with Crippen molar-refractivity contribution in [3.63, 3.8) is 0 Å². The van der Waals surface area contributed by atoms with Crippen molar-refractivity contribution in [2.75, 3.05) is 0 Å². The van der Waals surface area contributed by atoms with Crippen molar-refractivity contribution in [2.45, 2.75) is 7.43 Å². The van der Waals surface area contributed by atoms with Crippen molar-refractivity contribution < 1.29 is 9.46 Å². The van der Waals surface area contributed by atoms with Gasteiger partial charge in [0.25, 0.3) is 0 Å². The SMILES string of the molecule is C.N.O=[PH+]O. The molecule has 0 spiro atoms. The Kier molecular flexibility index (Phi) is 140. The van der Waals surface area contributed by atoms with Crippen LogP contribution in [-0.4, -0.2) is 4.89 Å². The lowest BCUT2D eigenvalue weighted by atomic mass is 12.0. The van der Waals surface area contributed by atoms with Crippen molar-refractivity contribution in [3.05, 3.63) is 0 Å². The Morgan fingerprint density at radius 1 is 1.60 bits per heavy atom. The first-order valence-electron chi connectivity index (χ1n) is 0.428. The van der Waals surface area contributed by atoms with E-state index in [1.165, 1.54) is 0 Å². The zero-order valence-electron chi connectivity index (χ0n) is 2.06. The summed E-state index contributed by atoms with van der Waals surface area (Å²) in [5, 5.41) is 0. The molecule has 0 aliphatic heterocycles. The summed E-state index contributed by atoms with van der Waals surface area (Å²) in [6, 6.07) is 0. The second kappa shape index (κ2) is 35.2. The third-order valence-corrected chi connectivity index (χ3v) is 0. The first kappa shape index (κ1) is 19.9. The molecule has 0 fully saturated rings. The lowest BCUT2D eigenvalue weighted by molar-refractivity contribution is 0.524. The van der Waals surface area contributed by atoms with Crippen LogP contribution in [0.2, 0.25) is 0 Å². The van der Waals surface area contributed by atoms with E-state index in [9.17, 15) is 0 Å². The van der Waals surface area contributed by atoms with Gasteiger partial charge in [-0.15, -0.1) is 0 Å². The minimum absolute atomic E-state index is 0. The van der Waals surface area contributed by atoms with Crippen molar-refractivity contribution in [3.8, 4) is 0 Å². The highest BCUT2D eigenvalue weighted by molar-refractivity contribution is 7.16. The van der Waals surface area contributed by atoms with Crippen molar-refractivity contribution in [1.29, 1.82) is 0 Å². The molecule has 1 atom stereocenters. The zero-order valence-corrected chi connectivity index (χ0v) is 3.06. The van der Waals surface area contributed by atoms with E-state index < -0.39 is 8.69 Å². The summed E-state index contributed by atoms with van der Waals surface area (Å²) in [7, 11) is -1.17. The normalized spacial score (nSPS) is 4.20. The zero-order chi connectivity index (χ0) is 2.71. The van der Waals surface area contributed by atoms with Crippen LogP contribution in [0, 0.1) is 0 Å². The van der Waals surface area contributed by atoms with E-state index in [0.29, 0.717) is 0 Å². The first-order valence-corrected chi connectivity index (χ1v) is 1.28. The van der Waals surface area contributed by atoms with Gasteiger partial charge in [-0.3, -0.25) is 0 Å². The molecule has 1 unspecified atom stereocenters. The Labute approximate surface area is 32.9 Å². The van der Waals surface area contributed by atoms with Gasteiger partial charge >= 0.3 is 8.69 Å². The minimum Gasteiger partial charge on any atom is -0.344 e. The topological polar surface area (TPSA) is 72.3 Å². The van der Waals surface area contributed by atoms with Gasteiger partial charge in [0.05, 0.1) is 0 Å². The highest BCUT2D eigenvalue weighted by Gasteiger charge is 1.45. The van der Waals surface area contributed by atoms with Crippen LogP contribution in [0.1, 0.15) is 7.43 Å². The lowest BCUT2D eigenvalue weighted by Gasteiger charge is -1.08. The van der Waals surface area contributed by atoms with E-state index >= 15 is 0 Å². The maximum atomic E-state index is 8.51. The second-order valence-corrected chi connectivity index (χ2v) is 0.274. The Bertz CT molecular complexity index is 17.1. The van der Waals surface area contributed by atoms with Crippen LogP contribution < -0.4 is 6.15 Å². The number of hydrogen-bond donors (Lipinski definition) is 2. The van der Waals surface area contributed by atoms with Crippen LogP contribution in [0.3, 0.4) is 0 Å². The minimum atomic E-state index is -1.17. The maximum Gasteiger partial charge on any atom is 0.491 e. The smallest absolute Gasteiger partial charge is 0.344 e. The predicted octanol–water partition coefficient (Wildman–Crippen LogP) is 0.716. The van der Waals surface area contributed by atoms with Crippen LogP contribution >= 0.6 is 8.69 Å². The largest absolute Gasteiger partial charge is 0.491 e. The molecule has 0 aromatic carbocycles. The quantitative estimate of drug-likeness (QED) is 0.438. The molecule has 0 amide bonds. The molecule has 0 rings (SSSR count). The second-order valence-electron chi connectivity index (χ2n) is 0.0913. The highest BCUT2D eigenvalue weighted by Crippen LogP contribution is 1.66. The molecule has 0 radical (unpaired) electrons. The molecule has 0 heterocycles. The molecule has 0 aliphatic rings. The average molecular weight is 98.1 g/mol. The lowest BCUT2D eigenvalue weighted by Crippen LogP contribution is -1.03. The van der Waals surface area contributed by atoms with Crippen LogP contribution in [0.25, 0.3) is 0 Å². The molecule has 0 aromatic rings. The van der Waals surface area contributed by atoms with E-state index in [1.807, 2.05) is 0 Å². The molecule has 4 heteroatoms. The van der Waals surface area contributed by atoms with Crippen LogP contribution in [0.5, 0.6) is 0 Å². The monoisotopic (exact) mass is 98.0 g/mol. The van der Waals surface area contributed by atoms with Gasteiger partial charge in [-0.2, -0.15) is 4.89 Å². The fourth-order valence-electron chi connectivity index (χ4n) is 0. The van der Waals surface area contributed by atoms with E-state index in [0.717, 1.165) is 0 Å². The third kappa shape index (κ3) is 41000. The van der Waals surface area contributed by atoms with Gasteiger partial charge in [-0.25, -0.2) is 0 Å². The molecule has 34 valence electrons. The van der Waals surface area contributed by atoms with Gasteiger partial charge in [0.2, 0.25) is 0 Å². The number of rotatable bonds is 0. The molecule has 0 aromatic heterocycles. The predicted molar refractivity (Wildman–Crippen MR) is 23.0 cm³/mol. The fourth-order valence-corrected chi connectivity index (χ4v) is 0. The molecule has 0 saturated carbocycles. The average Bonchev–Trinajstić information content (AvgIpc) is 0.918. The molecule has 4 N–H and O–H groups in total. The summed E-state index contributed by atoms with van der Waals surface area (Å²) in [4.78, 5) is 7.04. The summed E-state index contributed by atoms with van der Waals surface area (Å²) in [5.74, 6) is 0. The Hall–Kier alpha value is 0.0200. The van der Waals surface area contributed by atoms with Crippen LogP contribution in [-0.2, 0) is 4.57 Å². The Morgan fingerprint density at radius 3 is 1.60 bits per heavy atom. The fraction of sp³-hybridized carbons (Fsp3) is 1.00. The van der Waals surface area contributed by atoms with Gasteiger partial charge < -0.3 is 6.15 Å². The Morgan fingerprint density at radius 2 is 1.60 bits per heavy atom. The standard InChI is InChI=1S/CH4.H3N.HO2P/c;;1-3-2/h1H4;1H3;3H/p+1. The summed E-state index contributed by atoms with van der Waals surface area (Å²) in [6.07, 6.45) is 0. The third-order valence-electron chi connectivity index (χ3n) is 0. The molecule has 0 aliphatic carbocycles.